The lowest BCUT2D eigenvalue weighted by Gasteiger charge is -2.09. The number of hydrogen-bond acceptors (Lipinski definition) is 3. The Hall–Kier alpha value is -1.65. The third-order valence-corrected chi connectivity index (χ3v) is 3.96. The fourth-order valence-electron chi connectivity index (χ4n) is 2.18. The Balaban J connectivity index is 1.93. The summed E-state index contributed by atoms with van der Waals surface area (Å²) in [7, 11) is 2.05. The van der Waals surface area contributed by atoms with Crippen LogP contribution in [0.2, 0.25) is 0 Å². The molecule has 0 radical (unpaired) electrons. The van der Waals surface area contributed by atoms with Crippen LogP contribution in [0.5, 0.6) is 0 Å². The zero-order valence-corrected chi connectivity index (χ0v) is 11.0. The number of nitrogens with two attached hydrogens (primary N) is 1. The van der Waals surface area contributed by atoms with E-state index >= 15 is 0 Å². The van der Waals surface area contributed by atoms with Gasteiger partial charge in [-0.3, -0.25) is 0 Å². The van der Waals surface area contributed by atoms with E-state index in [1.165, 1.54) is 5.56 Å². The second-order valence-electron chi connectivity index (χ2n) is 4.44. The Kier molecular flexibility index (Phi) is 2.89. The van der Waals surface area contributed by atoms with Crippen LogP contribution in [0.3, 0.4) is 0 Å². The number of aromatic nitrogens is 2. The molecule has 0 bridgehead atoms. The minimum Gasteiger partial charge on any atom is -0.331 e. The van der Waals surface area contributed by atoms with Crippen molar-refractivity contribution in [3.05, 3.63) is 52.5 Å². The topological polar surface area (TPSA) is 43.8 Å². The van der Waals surface area contributed by atoms with Gasteiger partial charge in [-0.2, -0.15) is 11.3 Å². The second kappa shape index (κ2) is 4.55. The molecule has 0 fully saturated rings. The second-order valence-corrected chi connectivity index (χ2v) is 5.22. The van der Waals surface area contributed by atoms with Gasteiger partial charge < -0.3 is 10.3 Å². The Bertz CT molecular complexity index is 655. The van der Waals surface area contributed by atoms with Crippen LogP contribution in [-0.4, -0.2) is 9.55 Å². The summed E-state index contributed by atoms with van der Waals surface area (Å²) in [6.45, 7) is 0. The van der Waals surface area contributed by atoms with E-state index in [9.17, 15) is 0 Å². The number of aryl methyl sites for hydroxylation is 1. The molecule has 18 heavy (non-hydrogen) atoms. The van der Waals surface area contributed by atoms with Gasteiger partial charge >= 0.3 is 0 Å². The van der Waals surface area contributed by atoms with Crippen LogP contribution in [0, 0.1) is 0 Å². The van der Waals surface area contributed by atoms with Crippen LogP contribution in [0.25, 0.3) is 11.0 Å². The highest BCUT2D eigenvalue weighted by atomic mass is 32.1. The minimum absolute atomic E-state index is 0.0202. The molecule has 0 amide bonds. The highest BCUT2D eigenvalue weighted by molar-refractivity contribution is 7.07. The molecule has 3 rings (SSSR count). The van der Waals surface area contributed by atoms with E-state index in [2.05, 4.69) is 32.4 Å². The van der Waals surface area contributed by atoms with Crippen molar-refractivity contribution in [2.24, 2.45) is 12.8 Å². The van der Waals surface area contributed by atoms with Gasteiger partial charge in [-0.25, -0.2) is 4.98 Å². The molecule has 92 valence electrons. The van der Waals surface area contributed by atoms with Crippen molar-refractivity contribution in [1.82, 2.24) is 9.55 Å². The fourth-order valence-corrected chi connectivity index (χ4v) is 2.90. The average Bonchev–Trinajstić information content (AvgIpc) is 3.00. The Morgan fingerprint density at radius 2 is 2.17 bits per heavy atom. The third-order valence-electron chi connectivity index (χ3n) is 3.25. The molecule has 0 saturated heterocycles. The van der Waals surface area contributed by atoms with Crippen LogP contribution in [0.15, 0.2) is 41.1 Å². The molecule has 3 nitrogen and oxygen atoms in total. The summed E-state index contributed by atoms with van der Waals surface area (Å²) >= 11 is 1.68. The first-order chi connectivity index (χ1) is 8.75. The number of fused-ring (bicyclic) bond motifs is 1. The summed E-state index contributed by atoms with van der Waals surface area (Å²) in [5, 5.41) is 4.16. The average molecular weight is 257 g/mol. The maximum absolute atomic E-state index is 6.22. The Morgan fingerprint density at radius 1 is 1.33 bits per heavy atom. The smallest absolute Gasteiger partial charge is 0.111 e. The van der Waals surface area contributed by atoms with E-state index < -0.39 is 0 Å². The number of imidazole rings is 1. The molecule has 0 aliphatic carbocycles. The molecule has 0 spiro atoms. The summed E-state index contributed by atoms with van der Waals surface area (Å²) in [4.78, 5) is 4.65. The highest BCUT2D eigenvalue weighted by Gasteiger charge is 2.13. The normalized spacial score (nSPS) is 13.0. The lowest BCUT2D eigenvalue weighted by molar-refractivity contribution is 0.667. The summed E-state index contributed by atoms with van der Waals surface area (Å²) in [6.07, 6.45) is 0.766. The third kappa shape index (κ3) is 1.94. The summed E-state index contributed by atoms with van der Waals surface area (Å²) in [6, 6.07) is 10.3. The van der Waals surface area contributed by atoms with Gasteiger partial charge in [-0.05, 0) is 34.5 Å². The summed E-state index contributed by atoms with van der Waals surface area (Å²) < 4.78 is 2.13. The SMILES string of the molecule is Cn1c(CC(N)c2ccsc2)nc2ccccc21. The zero-order valence-electron chi connectivity index (χ0n) is 10.2. The molecule has 0 saturated carbocycles. The van der Waals surface area contributed by atoms with Gasteiger partial charge in [0.2, 0.25) is 0 Å². The van der Waals surface area contributed by atoms with Gasteiger partial charge in [0.1, 0.15) is 5.82 Å². The maximum atomic E-state index is 6.22. The number of para-hydroxylation sites is 2. The highest BCUT2D eigenvalue weighted by Crippen LogP contribution is 2.21. The van der Waals surface area contributed by atoms with E-state index in [1.807, 2.05) is 25.2 Å². The summed E-state index contributed by atoms with van der Waals surface area (Å²) in [5.74, 6) is 1.04. The van der Waals surface area contributed by atoms with Crippen LogP contribution >= 0.6 is 11.3 Å². The maximum Gasteiger partial charge on any atom is 0.111 e. The van der Waals surface area contributed by atoms with Gasteiger partial charge in [-0.15, -0.1) is 0 Å². The van der Waals surface area contributed by atoms with Crippen molar-refractivity contribution in [2.75, 3.05) is 0 Å². The first-order valence-electron chi connectivity index (χ1n) is 5.93. The van der Waals surface area contributed by atoms with Gasteiger partial charge in [0, 0.05) is 19.5 Å². The molecule has 3 aromatic rings. The van der Waals surface area contributed by atoms with Crippen molar-refractivity contribution in [3.63, 3.8) is 0 Å². The first-order valence-corrected chi connectivity index (χ1v) is 6.88. The monoisotopic (exact) mass is 257 g/mol. The van der Waals surface area contributed by atoms with Crippen molar-refractivity contribution in [1.29, 1.82) is 0 Å². The van der Waals surface area contributed by atoms with Crippen molar-refractivity contribution >= 4 is 22.4 Å². The van der Waals surface area contributed by atoms with Crippen molar-refractivity contribution in [3.8, 4) is 0 Å². The number of benzene rings is 1. The molecule has 2 heterocycles. The molecule has 1 aromatic carbocycles. The predicted molar refractivity (Wildman–Crippen MR) is 75.7 cm³/mol. The molecular weight excluding hydrogens is 242 g/mol. The number of rotatable bonds is 3. The van der Waals surface area contributed by atoms with E-state index in [4.69, 9.17) is 5.73 Å². The van der Waals surface area contributed by atoms with Crippen LogP contribution in [-0.2, 0) is 13.5 Å². The van der Waals surface area contributed by atoms with Crippen molar-refractivity contribution in [2.45, 2.75) is 12.5 Å². The lowest BCUT2D eigenvalue weighted by Crippen LogP contribution is -2.15. The number of nitrogens with zero attached hydrogens (tertiary/aromatic N) is 2. The number of hydrogen-bond donors (Lipinski definition) is 1. The zero-order chi connectivity index (χ0) is 12.5. The van der Waals surface area contributed by atoms with E-state index in [0.717, 1.165) is 23.3 Å². The lowest BCUT2D eigenvalue weighted by atomic mass is 10.1. The van der Waals surface area contributed by atoms with E-state index in [0.29, 0.717) is 0 Å². The molecule has 0 aliphatic heterocycles. The Labute approximate surface area is 110 Å². The van der Waals surface area contributed by atoms with Gasteiger partial charge in [0.15, 0.2) is 0 Å². The molecule has 1 atom stereocenters. The van der Waals surface area contributed by atoms with Crippen LogP contribution < -0.4 is 5.73 Å². The van der Waals surface area contributed by atoms with Gasteiger partial charge in [0.25, 0.3) is 0 Å². The van der Waals surface area contributed by atoms with Crippen LogP contribution in [0.1, 0.15) is 17.4 Å². The van der Waals surface area contributed by atoms with E-state index in [1.54, 1.807) is 11.3 Å². The van der Waals surface area contributed by atoms with E-state index in [-0.39, 0.29) is 6.04 Å². The molecule has 0 aliphatic rings. The standard InChI is InChI=1S/C14H15N3S/c1-17-13-5-3-2-4-12(13)16-14(17)8-11(15)10-6-7-18-9-10/h2-7,9,11H,8,15H2,1H3. The fraction of sp³-hybridized carbons (Fsp3) is 0.214. The molecule has 1 unspecified atom stereocenters. The quantitative estimate of drug-likeness (QED) is 0.784. The predicted octanol–water partition coefficient (Wildman–Crippen LogP) is 2.88. The molecule has 2 aromatic heterocycles. The largest absolute Gasteiger partial charge is 0.331 e. The molecule has 4 heteroatoms. The first kappa shape index (κ1) is 11.4. The van der Waals surface area contributed by atoms with Crippen LogP contribution in [0.4, 0.5) is 0 Å². The molecular formula is C14H15N3S. The summed E-state index contributed by atoms with van der Waals surface area (Å²) in [5.41, 5.74) is 9.59. The number of thiophene rings is 1. The van der Waals surface area contributed by atoms with Gasteiger partial charge in [0.05, 0.1) is 11.0 Å². The van der Waals surface area contributed by atoms with Gasteiger partial charge in [-0.1, -0.05) is 12.1 Å². The minimum atomic E-state index is 0.0202. The van der Waals surface area contributed by atoms with Crippen molar-refractivity contribution < 1.29 is 0 Å². The Morgan fingerprint density at radius 3 is 2.89 bits per heavy atom. The molecule has 2 N–H and O–H groups in total.